The monoisotopic (exact) mass is 354 g/mol. The van der Waals surface area contributed by atoms with Crippen molar-refractivity contribution >= 4 is 11.7 Å². The number of hydrogen-bond donors (Lipinski definition) is 2. The molecule has 7 heteroatoms. The first-order chi connectivity index (χ1) is 12.7. The lowest BCUT2D eigenvalue weighted by atomic mass is 10.2. The number of carbonyl (C=O) groups is 1. The van der Waals surface area contributed by atoms with Gasteiger partial charge < -0.3 is 20.1 Å². The van der Waals surface area contributed by atoms with Crippen LogP contribution in [0.3, 0.4) is 0 Å². The van der Waals surface area contributed by atoms with Crippen LogP contribution in [0.25, 0.3) is 0 Å². The van der Waals surface area contributed by atoms with Gasteiger partial charge in [0.25, 0.3) is 5.91 Å². The average molecular weight is 354 g/mol. The van der Waals surface area contributed by atoms with Gasteiger partial charge in [-0.2, -0.15) is 0 Å². The largest absolute Gasteiger partial charge is 0.454 e. The van der Waals surface area contributed by atoms with Crippen LogP contribution in [0.15, 0.2) is 24.3 Å². The molecular formula is C19H22N4O3. The van der Waals surface area contributed by atoms with Crippen molar-refractivity contribution < 1.29 is 14.3 Å². The summed E-state index contributed by atoms with van der Waals surface area (Å²) in [6, 6.07) is 7.78. The molecule has 1 saturated carbocycles. The number of nitrogens with zero attached hydrogens (tertiary/aromatic N) is 2. The lowest BCUT2D eigenvalue weighted by Crippen LogP contribution is -2.33. The molecule has 0 unspecified atom stereocenters. The van der Waals surface area contributed by atoms with Crippen LogP contribution < -0.4 is 20.1 Å². The number of nitrogens with one attached hydrogen (secondary N) is 2. The standard InChI is InChI=1S/C19H22N4O3/c1-12-21-15(19(24)23-14-4-2-3-5-14)9-18(22-12)20-10-13-6-7-16-17(8-13)26-11-25-16/h6-9,14H,2-5,10-11H2,1H3,(H,23,24)(H,20,21,22). The van der Waals surface area contributed by atoms with Crippen LogP contribution in [0.5, 0.6) is 11.5 Å². The minimum absolute atomic E-state index is 0.131. The molecule has 1 aliphatic heterocycles. The summed E-state index contributed by atoms with van der Waals surface area (Å²) in [5.74, 6) is 2.58. The number of anilines is 1. The van der Waals surface area contributed by atoms with E-state index >= 15 is 0 Å². The summed E-state index contributed by atoms with van der Waals surface area (Å²) in [6.07, 6.45) is 4.45. The van der Waals surface area contributed by atoms with E-state index in [4.69, 9.17) is 9.47 Å². The van der Waals surface area contributed by atoms with Crippen LogP contribution >= 0.6 is 0 Å². The van der Waals surface area contributed by atoms with Crippen LogP contribution in [0.4, 0.5) is 5.82 Å². The minimum atomic E-state index is -0.131. The normalized spacial score (nSPS) is 15.9. The van der Waals surface area contributed by atoms with Crippen molar-refractivity contribution in [3.8, 4) is 11.5 Å². The molecule has 1 amide bonds. The van der Waals surface area contributed by atoms with E-state index in [0.29, 0.717) is 23.9 Å². The second-order valence-electron chi connectivity index (χ2n) is 6.68. The molecule has 2 heterocycles. The first kappa shape index (κ1) is 16.6. The Hall–Kier alpha value is -2.83. The summed E-state index contributed by atoms with van der Waals surface area (Å²) < 4.78 is 10.7. The number of hydrogen-bond acceptors (Lipinski definition) is 6. The van der Waals surface area contributed by atoms with E-state index in [0.717, 1.165) is 29.9 Å². The van der Waals surface area contributed by atoms with Gasteiger partial charge in [0.15, 0.2) is 11.5 Å². The second kappa shape index (κ2) is 7.19. The van der Waals surface area contributed by atoms with Gasteiger partial charge in [0.1, 0.15) is 17.3 Å². The third-order valence-electron chi connectivity index (χ3n) is 4.67. The van der Waals surface area contributed by atoms with Crippen molar-refractivity contribution in [3.05, 3.63) is 41.3 Å². The van der Waals surface area contributed by atoms with E-state index in [9.17, 15) is 4.79 Å². The summed E-state index contributed by atoms with van der Waals surface area (Å²) in [6.45, 7) is 2.62. The molecule has 4 rings (SSSR count). The fraction of sp³-hybridized carbons (Fsp3) is 0.421. The van der Waals surface area contributed by atoms with Crippen molar-refractivity contribution in [1.29, 1.82) is 0 Å². The van der Waals surface area contributed by atoms with E-state index in [1.165, 1.54) is 12.8 Å². The van der Waals surface area contributed by atoms with Gasteiger partial charge in [0.2, 0.25) is 6.79 Å². The summed E-state index contributed by atoms with van der Waals surface area (Å²) >= 11 is 0. The summed E-state index contributed by atoms with van der Waals surface area (Å²) in [5.41, 5.74) is 1.44. The van der Waals surface area contributed by atoms with Crippen LogP contribution in [0, 0.1) is 6.92 Å². The number of aromatic nitrogens is 2. The highest BCUT2D eigenvalue weighted by Gasteiger charge is 2.19. The van der Waals surface area contributed by atoms with E-state index < -0.39 is 0 Å². The number of benzene rings is 1. The predicted molar refractivity (Wildman–Crippen MR) is 96.4 cm³/mol. The Morgan fingerprint density at radius 2 is 1.96 bits per heavy atom. The molecule has 1 fully saturated rings. The number of carbonyl (C=O) groups excluding carboxylic acids is 1. The molecule has 0 spiro atoms. The topological polar surface area (TPSA) is 85.4 Å². The molecule has 2 N–H and O–H groups in total. The van der Waals surface area contributed by atoms with Gasteiger partial charge >= 0.3 is 0 Å². The quantitative estimate of drug-likeness (QED) is 0.859. The molecule has 2 aromatic rings. The number of aryl methyl sites for hydroxylation is 1. The Labute approximate surface area is 152 Å². The van der Waals surface area contributed by atoms with Crippen molar-refractivity contribution in [3.63, 3.8) is 0 Å². The maximum absolute atomic E-state index is 12.4. The Bertz CT molecular complexity index is 818. The lowest BCUT2D eigenvalue weighted by molar-refractivity contribution is 0.0932. The SMILES string of the molecule is Cc1nc(NCc2ccc3c(c2)OCO3)cc(C(=O)NC2CCCC2)n1. The molecular weight excluding hydrogens is 332 g/mol. The lowest BCUT2D eigenvalue weighted by Gasteiger charge is -2.13. The highest BCUT2D eigenvalue weighted by atomic mass is 16.7. The molecule has 0 saturated heterocycles. The molecule has 2 aliphatic rings. The van der Waals surface area contributed by atoms with Crippen molar-refractivity contribution in [2.24, 2.45) is 0 Å². The molecule has 1 aromatic heterocycles. The first-order valence-electron chi connectivity index (χ1n) is 8.96. The van der Waals surface area contributed by atoms with Crippen LogP contribution in [-0.4, -0.2) is 28.7 Å². The van der Waals surface area contributed by atoms with E-state index in [-0.39, 0.29) is 18.7 Å². The third-order valence-corrected chi connectivity index (χ3v) is 4.67. The predicted octanol–water partition coefficient (Wildman–Crippen LogP) is 2.80. The highest BCUT2D eigenvalue weighted by Crippen LogP contribution is 2.32. The van der Waals surface area contributed by atoms with Gasteiger partial charge in [-0.05, 0) is 37.5 Å². The summed E-state index contributed by atoms with van der Waals surface area (Å²) in [5, 5.41) is 6.32. The fourth-order valence-corrected chi connectivity index (χ4v) is 3.35. The minimum Gasteiger partial charge on any atom is -0.454 e. The smallest absolute Gasteiger partial charge is 0.270 e. The van der Waals surface area contributed by atoms with Gasteiger partial charge in [0.05, 0.1) is 0 Å². The Morgan fingerprint density at radius 1 is 1.15 bits per heavy atom. The summed E-state index contributed by atoms with van der Waals surface area (Å²) in [7, 11) is 0. The Morgan fingerprint density at radius 3 is 2.81 bits per heavy atom. The van der Waals surface area contributed by atoms with Gasteiger partial charge in [-0.25, -0.2) is 9.97 Å². The molecule has 7 nitrogen and oxygen atoms in total. The molecule has 136 valence electrons. The molecule has 0 radical (unpaired) electrons. The number of rotatable bonds is 5. The Balaban J connectivity index is 1.43. The van der Waals surface area contributed by atoms with Gasteiger partial charge in [0, 0.05) is 18.7 Å². The summed E-state index contributed by atoms with van der Waals surface area (Å²) in [4.78, 5) is 21.1. The third kappa shape index (κ3) is 3.71. The zero-order chi connectivity index (χ0) is 17.9. The number of fused-ring (bicyclic) bond motifs is 1. The zero-order valence-electron chi connectivity index (χ0n) is 14.7. The van der Waals surface area contributed by atoms with Crippen LogP contribution in [-0.2, 0) is 6.54 Å². The van der Waals surface area contributed by atoms with Crippen LogP contribution in [0.2, 0.25) is 0 Å². The van der Waals surface area contributed by atoms with Crippen molar-refractivity contribution in [2.45, 2.75) is 45.2 Å². The van der Waals surface area contributed by atoms with Gasteiger partial charge in [-0.1, -0.05) is 18.9 Å². The fourth-order valence-electron chi connectivity index (χ4n) is 3.35. The van der Waals surface area contributed by atoms with E-state index in [1.54, 1.807) is 13.0 Å². The Kier molecular flexibility index (Phi) is 4.60. The molecule has 0 atom stereocenters. The molecule has 1 aromatic carbocycles. The second-order valence-corrected chi connectivity index (χ2v) is 6.68. The van der Waals surface area contributed by atoms with Crippen molar-refractivity contribution in [1.82, 2.24) is 15.3 Å². The number of ether oxygens (including phenoxy) is 2. The van der Waals surface area contributed by atoms with Gasteiger partial charge in [-0.15, -0.1) is 0 Å². The van der Waals surface area contributed by atoms with Crippen molar-refractivity contribution in [2.75, 3.05) is 12.1 Å². The highest BCUT2D eigenvalue weighted by molar-refractivity contribution is 5.93. The van der Waals surface area contributed by atoms with Gasteiger partial charge in [-0.3, -0.25) is 4.79 Å². The first-order valence-corrected chi connectivity index (χ1v) is 8.96. The average Bonchev–Trinajstić information content (AvgIpc) is 3.30. The molecule has 26 heavy (non-hydrogen) atoms. The maximum Gasteiger partial charge on any atom is 0.270 e. The molecule has 0 bridgehead atoms. The van der Waals surface area contributed by atoms with E-state index in [2.05, 4.69) is 20.6 Å². The zero-order valence-corrected chi connectivity index (χ0v) is 14.7. The van der Waals surface area contributed by atoms with Crippen LogP contribution in [0.1, 0.15) is 47.6 Å². The molecule has 1 aliphatic carbocycles. The van der Waals surface area contributed by atoms with E-state index in [1.807, 2.05) is 18.2 Å². The number of amides is 1. The maximum atomic E-state index is 12.4.